The van der Waals surface area contributed by atoms with Crippen LogP contribution in [0.25, 0.3) is 21.5 Å². The lowest BCUT2D eigenvalue weighted by Crippen LogP contribution is -2.58. The van der Waals surface area contributed by atoms with Crippen LogP contribution >= 0.6 is 0 Å². The van der Waals surface area contributed by atoms with Gasteiger partial charge in [0, 0.05) is 51.6 Å². The molecule has 0 saturated carbocycles. The maximum absolute atomic E-state index is 14.7. The maximum Gasteiger partial charge on any atom is 0.305 e. The average molecular weight is 1720 g/mol. The summed E-state index contributed by atoms with van der Waals surface area (Å²) >= 11 is 0. The molecule has 2 fully saturated rings. The molecule has 3 heterocycles. The second-order valence-corrected chi connectivity index (χ2v) is 30.1. The molecule has 0 radical (unpaired) electrons. The van der Waals surface area contributed by atoms with E-state index in [-0.39, 0.29) is 133 Å². The summed E-state index contributed by atoms with van der Waals surface area (Å²) in [5.74, 6) is -16.0. The highest BCUT2D eigenvalue weighted by molar-refractivity contribution is 7.85. The van der Waals surface area contributed by atoms with Crippen molar-refractivity contribution in [2.24, 2.45) is 21.7 Å². The number of allylic oxidation sites excluding steroid dienone is 1. The Hall–Kier alpha value is -14.4. The van der Waals surface area contributed by atoms with Gasteiger partial charge in [-0.2, -0.15) is 13.5 Å². The summed E-state index contributed by atoms with van der Waals surface area (Å²) in [5, 5.41) is 83.9. The smallest absolute Gasteiger partial charge is 0.305 e. The molecule has 0 aliphatic carbocycles. The van der Waals surface area contributed by atoms with Crippen molar-refractivity contribution in [2.45, 2.75) is 156 Å². The van der Waals surface area contributed by atoms with E-state index >= 15 is 0 Å². The third kappa shape index (κ3) is 31.4. The summed E-state index contributed by atoms with van der Waals surface area (Å²) in [4.78, 5) is 211. The van der Waals surface area contributed by atoms with Crippen molar-refractivity contribution in [3.63, 3.8) is 0 Å². The van der Waals surface area contributed by atoms with Gasteiger partial charge in [0.2, 0.25) is 65.0 Å². The van der Waals surface area contributed by atoms with Gasteiger partial charge in [-0.3, -0.25) is 87.3 Å². The van der Waals surface area contributed by atoms with Crippen molar-refractivity contribution in [1.82, 2.24) is 84.7 Å². The molecule has 1 aromatic heterocycles. The zero-order chi connectivity index (χ0) is 89.1. The molecule has 0 spiro atoms. The van der Waals surface area contributed by atoms with Crippen LogP contribution < -0.4 is 91.2 Å². The van der Waals surface area contributed by atoms with Crippen molar-refractivity contribution in [3.05, 3.63) is 162 Å². The molecule has 123 heavy (non-hydrogen) atoms. The van der Waals surface area contributed by atoms with Crippen molar-refractivity contribution < 1.29 is 95.1 Å². The normalized spacial score (nSPS) is 19.2. The predicted octanol–water partition coefficient (Wildman–Crippen LogP) is -1.41. The second-order valence-electron chi connectivity index (χ2n) is 28.7. The maximum atomic E-state index is 14.7. The minimum absolute atomic E-state index is 0.0250. The van der Waals surface area contributed by atoms with Gasteiger partial charge in [0.05, 0.1) is 42.9 Å². The zero-order valence-corrected chi connectivity index (χ0v) is 67.4. The SMILES string of the molecule is N=C(N)NCCC[C@@H]1NC(=O)C(=CCCCNC(=O)C(CCC(=O)NCCCC[C@@H]2NC(=O)[C@@H](Cc3ccc4ccccc4c3)NC(=O)[C@H](CC(=O)O)NC(=O)CNC(=O)[C@H](CCCNC(=N)N)NC2=O)NC(=O)c2ccc(N=NCc3ccccc3S(=O)(=O)O)nc2)NC(=O)[C@@H](Cc2ccc3ccccc3c2)NC(=O)[C@H](CC(=O)O)NC(=O)CNC1=O. The molecule has 13 amide bonds. The number of aromatic nitrogens is 1. The molecule has 6 aromatic rings. The standard InChI is InChI=1S/C80H98N22O20S/c81-79(82)87-33-11-20-53-71(112)90-43-65(104)93-60(39-67(106)107)77(118)100-58(37-45-23-25-47-13-1-3-15-49(47)35-45)75(116)98-55(73(114)96-53)18-7-9-31-85-64(103)30-28-57(95-69(110)52-27-29-63(89-41-52)102-92-42-51-17-5-6-22-62(51)123(120,121)122)70(111)86-32-10-8-19-56-74(115)97-54(21-12-34-88-80(83)84)72(113)91-44-66(105)94-61(40-68(108)109)78(119)101-59(76(117)99-56)38-46-24-26-48-14-2-4-16-50(48)36-46/h1-6,13-17,19,22-27,29,35-36,41,53-55,57-61H,7-12,18,20-21,28,30-34,37-40,42-44H2,(H,85,103)(H,86,111)(H,90,112)(H,91,113)(H,93,104)(H,94,105)(H,95,110)(H,96,114)(H,97,115)(H,98,116)(H,99,117)(H,100,118)(H,101,119)(H,106,107)(H,108,109)(H4,81,82,87)(H4,83,84,88)(H,120,121,122)/t53-,54-,55-,57?,58+,59+,60-,61-/m0/s1. The highest BCUT2D eigenvalue weighted by Crippen LogP contribution is 2.22. The first kappa shape index (κ1) is 94.1. The topological polar surface area (TPSA) is 669 Å². The molecular weight excluding hydrogens is 1620 g/mol. The van der Waals surface area contributed by atoms with Gasteiger partial charge in [-0.25, -0.2) is 4.98 Å². The number of guanidine groups is 2. The van der Waals surface area contributed by atoms with Gasteiger partial charge in [0.15, 0.2) is 17.7 Å². The molecule has 43 heteroatoms. The van der Waals surface area contributed by atoms with Crippen molar-refractivity contribution in [1.29, 1.82) is 10.8 Å². The number of carbonyl (C=O) groups excluding carboxylic acids is 13. The third-order valence-corrected chi connectivity index (χ3v) is 20.2. The first-order valence-electron chi connectivity index (χ1n) is 39.2. The van der Waals surface area contributed by atoms with Gasteiger partial charge in [-0.05, 0) is 121 Å². The van der Waals surface area contributed by atoms with Crippen LogP contribution in [0.4, 0.5) is 5.82 Å². The van der Waals surface area contributed by atoms with Crippen LogP contribution in [0.15, 0.2) is 154 Å². The molecule has 8 atom stereocenters. The molecule has 2 saturated heterocycles. The van der Waals surface area contributed by atoms with Gasteiger partial charge in [-0.15, -0.1) is 5.11 Å². The molecule has 42 nitrogen and oxygen atoms in total. The van der Waals surface area contributed by atoms with E-state index in [0.29, 0.717) is 11.1 Å². The zero-order valence-electron chi connectivity index (χ0n) is 66.6. The molecule has 1 unspecified atom stereocenters. The summed E-state index contributed by atoms with van der Waals surface area (Å²) in [7, 11) is -4.62. The molecule has 654 valence electrons. The van der Waals surface area contributed by atoms with Crippen LogP contribution in [0.3, 0.4) is 0 Å². The Morgan fingerprint density at radius 2 is 1.01 bits per heavy atom. The van der Waals surface area contributed by atoms with Crippen molar-refractivity contribution in [3.8, 4) is 0 Å². The summed E-state index contributed by atoms with van der Waals surface area (Å²) in [5.41, 5.74) is 11.5. The van der Waals surface area contributed by atoms with Gasteiger partial charge in [-0.1, -0.05) is 109 Å². The van der Waals surface area contributed by atoms with E-state index < -0.39 is 196 Å². The summed E-state index contributed by atoms with van der Waals surface area (Å²) < 4.78 is 33.6. The Bertz CT molecular complexity index is 5110. The molecule has 8 rings (SSSR count). The number of unbranched alkanes of at least 4 members (excludes halogenated alkanes) is 2. The minimum atomic E-state index is -4.62. The Balaban J connectivity index is 1.00. The van der Waals surface area contributed by atoms with Crippen molar-refractivity contribution >= 4 is 138 Å². The highest BCUT2D eigenvalue weighted by atomic mass is 32.2. The Morgan fingerprint density at radius 1 is 0.528 bits per heavy atom. The molecule has 5 aromatic carbocycles. The first-order valence-corrected chi connectivity index (χ1v) is 40.7. The number of amides is 13. The lowest BCUT2D eigenvalue weighted by molar-refractivity contribution is -0.141. The second kappa shape index (κ2) is 46.8. The summed E-state index contributed by atoms with van der Waals surface area (Å²) in [6.07, 6.45) is -0.918. The van der Waals surface area contributed by atoms with Gasteiger partial charge >= 0.3 is 11.9 Å². The molecule has 2 aliphatic heterocycles. The molecular formula is C80H98N22O20S. The van der Waals surface area contributed by atoms with E-state index in [1.54, 1.807) is 54.6 Å². The number of hydrogen-bond acceptors (Lipinski definition) is 22. The number of carboxylic acid groups (broad SMARTS) is 2. The fourth-order valence-corrected chi connectivity index (χ4v) is 13.7. The van der Waals surface area contributed by atoms with E-state index in [1.807, 2.05) is 30.3 Å². The fraction of sp³-hybridized carbons (Fsp3) is 0.375. The van der Waals surface area contributed by atoms with E-state index in [1.165, 1.54) is 42.5 Å². The largest absolute Gasteiger partial charge is 0.481 e. The van der Waals surface area contributed by atoms with Crippen molar-refractivity contribution in [2.75, 3.05) is 39.3 Å². The number of carboxylic acids is 2. The monoisotopic (exact) mass is 1720 g/mol. The number of pyridine rings is 1. The quantitative estimate of drug-likeness (QED) is 0.00543. The van der Waals surface area contributed by atoms with Crippen LogP contribution in [0.5, 0.6) is 0 Å². The van der Waals surface area contributed by atoms with E-state index in [0.717, 1.165) is 27.7 Å². The lowest BCUT2D eigenvalue weighted by Gasteiger charge is -2.26. The minimum Gasteiger partial charge on any atom is -0.481 e. The Morgan fingerprint density at radius 3 is 1.54 bits per heavy atom. The molecule has 0 bridgehead atoms. The summed E-state index contributed by atoms with van der Waals surface area (Å²) in [6.45, 7) is -2.05. The fourth-order valence-electron chi connectivity index (χ4n) is 13.0. The Kier molecular flexibility index (Phi) is 35.8. The van der Waals surface area contributed by atoms with Gasteiger partial charge in [0.1, 0.15) is 54.0 Å². The number of nitrogens with zero attached hydrogens (tertiary/aromatic N) is 3. The van der Waals surface area contributed by atoms with Crippen LogP contribution in [-0.4, -0.2) is 216 Å². The number of nitrogens with two attached hydrogens (primary N) is 2. The number of aliphatic carboxylic acids is 2. The number of benzene rings is 5. The van der Waals surface area contributed by atoms with E-state index in [2.05, 4.69) is 95.0 Å². The number of fused-ring (bicyclic) bond motifs is 2. The van der Waals surface area contributed by atoms with Crippen LogP contribution in [0, 0.1) is 10.8 Å². The van der Waals surface area contributed by atoms with E-state index in [9.17, 15) is 95.1 Å². The predicted molar refractivity (Wildman–Crippen MR) is 442 cm³/mol. The van der Waals surface area contributed by atoms with E-state index in [4.69, 9.17) is 22.3 Å². The van der Waals surface area contributed by atoms with Crippen LogP contribution in [-0.2, 0) is 96.6 Å². The number of carbonyl (C=O) groups is 15. The third-order valence-electron chi connectivity index (χ3n) is 19.3. The first-order chi connectivity index (χ1) is 58.7. The van der Waals surface area contributed by atoms with Crippen LogP contribution in [0.2, 0.25) is 0 Å². The number of hydrogen-bond donors (Lipinski definition) is 22. The summed E-state index contributed by atoms with van der Waals surface area (Å²) in [6, 6.07) is 20.7. The molecule has 24 N–H and O–H groups in total. The Labute approximate surface area is 704 Å². The number of nitrogens with one attached hydrogen (secondary N) is 17. The number of rotatable bonds is 35. The lowest BCUT2D eigenvalue weighted by atomic mass is 10.00. The van der Waals surface area contributed by atoms with Gasteiger partial charge in [0.25, 0.3) is 21.9 Å². The van der Waals surface area contributed by atoms with Crippen LogP contribution in [0.1, 0.15) is 111 Å². The average Bonchev–Trinajstić information content (AvgIpc) is 1.55. The van der Waals surface area contributed by atoms with Gasteiger partial charge < -0.3 is 101 Å². The highest BCUT2D eigenvalue weighted by Gasteiger charge is 2.36. The molecule has 2 aliphatic rings. The number of azo groups is 1.